The van der Waals surface area contributed by atoms with Crippen molar-refractivity contribution in [3.05, 3.63) is 29.8 Å². The lowest BCUT2D eigenvalue weighted by atomic mass is 10.0. The fraction of sp³-hybridized carbons (Fsp3) is 0.571. The molecule has 0 aliphatic carbocycles. The van der Waals surface area contributed by atoms with Gasteiger partial charge in [-0.15, -0.1) is 11.8 Å². The lowest BCUT2D eigenvalue weighted by Gasteiger charge is -2.26. The van der Waals surface area contributed by atoms with Gasteiger partial charge in [-0.1, -0.05) is 25.1 Å². The molecule has 0 saturated carbocycles. The van der Waals surface area contributed by atoms with Crippen LogP contribution in [0.3, 0.4) is 0 Å². The van der Waals surface area contributed by atoms with Crippen LogP contribution in [-0.4, -0.2) is 23.8 Å². The maximum atomic E-state index is 3.71. The third-order valence-corrected chi connectivity index (χ3v) is 5.13. The Morgan fingerprint density at radius 3 is 3.18 bits per heavy atom. The fourth-order valence-corrected chi connectivity index (χ4v) is 3.91. The molecule has 0 saturated heterocycles. The monoisotopic (exact) mass is 267 g/mol. The summed E-state index contributed by atoms with van der Waals surface area (Å²) in [5.74, 6) is 3.77. The molecule has 94 valence electrons. The van der Waals surface area contributed by atoms with Gasteiger partial charge >= 0.3 is 0 Å². The summed E-state index contributed by atoms with van der Waals surface area (Å²) in [7, 11) is 0. The van der Waals surface area contributed by atoms with Crippen molar-refractivity contribution in [3.63, 3.8) is 0 Å². The molecule has 1 heterocycles. The van der Waals surface area contributed by atoms with Crippen LogP contribution in [0, 0.1) is 0 Å². The van der Waals surface area contributed by atoms with Gasteiger partial charge in [0, 0.05) is 10.9 Å². The van der Waals surface area contributed by atoms with Crippen molar-refractivity contribution in [1.82, 2.24) is 5.32 Å². The molecular weight excluding hydrogens is 246 g/mol. The molecule has 2 rings (SSSR count). The predicted octanol–water partition coefficient (Wildman–Crippen LogP) is 3.96. The zero-order chi connectivity index (χ0) is 11.9. The van der Waals surface area contributed by atoms with Crippen molar-refractivity contribution >= 4 is 23.5 Å². The first-order valence-electron chi connectivity index (χ1n) is 6.44. The highest BCUT2D eigenvalue weighted by atomic mass is 32.2. The van der Waals surface area contributed by atoms with E-state index < -0.39 is 0 Å². The van der Waals surface area contributed by atoms with E-state index in [1.807, 2.05) is 23.5 Å². The van der Waals surface area contributed by atoms with Crippen molar-refractivity contribution in [1.29, 1.82) is 0 Å². The van der Waals surface area contributed by atoms with Crippen LogP contribution in [0.4, 0.5) is 0 Å². The van der Waals surface area contributed by atoms with Gasteiger partial charge in [-0.3, -0.25) is 0 Å². The van der Waals surface area contributed by atoms with Gasteiger partial charge in [0.05, 0.1) is 0 Å². The Morgan fingerprint density at radius 1 is 1.41 bits per heavy atom. The van der Waals surface area contributed by atoms with Crippen molar-refractivity contribution in [3.8, 4) is 0 Å². The first-order valence-corrected chi connectivity index (χ1v) is 8.58. The van der Waals surface area contributed by atoms with Crippen molar-refractivity contribution in [2.45, 2.75) is 30.7 Å². The maximum absolute atomic E-state index is 3.71. The summed E-state index contributed by atoms with van der Waals surface area (Å²) in [5.41, 5.74) is 1.51. The molecule has 1 aliphatic heterocycles. The van der Waals surface area contributed by atoms with Crippen LogP contribution in [0.5, 0.6) is 0 Å². The second-order valence-corrected chi connectivity index (χ2v) is 6.76. The van der Waals surface area contributed by atoms with Gasteiger partial charge < -0.3 is 5.32 Å². The molecule has 0 bridgehead atoms. The molecule has 1 unspecified atom stereocenters. The molecule has 17 heavy (non-hydrogen) atoms. The number of rotatable bonds is 6. The maximum Gasteiger partial charge on any atom is 0.0339 e. The summed E-state index contributed by atoms with van der Waals surface area (Å²) in [6.07, 6.45) is 2.55. The molecule has 1 N–H and O–H groups in total. The summed E-state index contributed by atoms with van der Waals surface area (Å²) in [6.45, 7) is 3.38. The van der Waals surface area contributed by atoms with Gasteiger partial charge in [-0.2, -0.15) is 11.8 Å². The second-order valence-electron chi connectivity index (χ2n) is 4.23. The Hall–Kier alpha value is -0.120. The zero-order valence-electron chi connectivity index (χ0n) is 10.4. The van der Waals surface area contributed by atoms with Crippen LogP contribution in [0.15, 0.2) is 29.2 Å². The van der Waals surface area contributed by atoms with Crippen LogP contribution in [-0.2, 0) is 0 Å². The number of benzene rings is 1. The summed E-state index contributed by atoms with van der Waals surface area (Å²) in [5, 5.41) is 3.71. The van der Waals surface area contributed by atoms with E-state index in [9.17, 15) is 0 Å². The Balaban J connectivity index is 1.82. The smallest absolute Gasteiger partial charge is 0.0339 e. The molecule has 0 spiro atoms. The highest BCUT2D eigenvalue weighted by molar-refractivity contribution is 7.99. The third-order valence-electron chi connectivity index (χ3n) is 3.02. The lowest BCUT2D eigenvalue weighted by molar-refractivity contribution is 0.511. The summed E-state index contributed by atoms with van der Waals surface area (Å²) in [6, 6.07) is 9.41. The summed E-state index contributed by atoms with van der Waals surface area (Å²) >= 11 is 4.03. The molecule has 0 radical (unpaired) electrons. The van der Waals surface area contributed by atoms with Crippen LogP contribution in [0.25, 0.3) is 0 Å². The lowest BCUT2D eigenvalue weighted by Crippen LogP contribution is -2.25. The normalized spacial score (nSPS) is 19.0. The second kappa shape index (κ2) is 7.34. The molecule has 1 nitrogen and oxygen atoms in total. The Labute approximate surface area is 113 Å². The summed E-state index contributed by atoms with van der Waals surface area (Å²) < 4.78 is 0. The Morgan fingerprint density at radius 2 is 2.29 bits per heavy atom. The van der Waals surface area contributed by atoms with E-state index in [4.69, 9.17) is 0 Å². The van der Waals surface area contributed by atoms with Crippen LogP contribution >= 0.6 is 23.5 Å². The van der Waals surface area contributed by atoms with E-state index in [0.29, 0.717) is 6.04 Å². The van der Waals surface area contributed by atoms with Crippen molar-refractivity contribution in [2.24, 2.45) is 0 Å². The number of hydrogen-bond acceptors (Lipinski definition) is 3. The molecule has 0 aromatic heterocycles. The van der Waals surface area contributed by atoms with Gasteiger partial charge in [0.25, 0.3) is 0 Å². The van der Waals surface area contributed by atoms with Gasteiger partial charge in [0.15, 0.2) is 0 Å². The van der Waals surface area contributed by atoms with Gasteiger partial charge in [-0.05, 0) is 48.3 Å². The largest absolute Gasteiger partial charge is 0.310 e. The molecule has 1 aliphatic rings. The first-order chi connectivity index (χ1) is 8.42. The van der Waals surface area contributed by atoms with E-state index in [0.717, 1.165) is 6.54 Å². The highest BCUT2D eigenvalue weighted by Gasteiger charge is 2.18. The average Bonchev–Trinajstić information content (AvgIpc) is 2.39. The van der Waals surface area contributed by atoms with E-state index >= 15 is 0 Å². The number of hydrogen-bond donors (Lipinski definition) is 1. The predicted molar refractivity (Wildman–Crippen MR) is 80.1 cm³/mol. The number of fused-ring (bicyclic) bond motifs is 1. The molecule has 1 aromatic rings. The SMILES string of the molecule is CCSCCCNC1CCSc2ccccc21. The van der Waals surface area contributed by atoms with Crippen molar-refractivity contribution in [2.75, 3.05) is 23.8 Å². The van der Waals surface area contributed by atoms with Gasteiger partial charge in [0.2, 0.25) is 0 Å². The first kappa shape index (κ1) is 13.3. The van der Waals surface area contributed by atoms with Crippen LogP contribution < -0.4 is 5.32 Å². The van der Waals surface area contributed by atoms with Crippen molar-refractivity contribution < 1.29 is 0 Å². The zero-order valence-corrected chi connectivity index (χ0v) is 12.1. The number of nitrogens with one attached hydrogen (secondary N) is 1. The van der Waals surface area contributed by atoms with Crippen LogP contribution in [0.1, 0.15) is 31.4 Å². The summed E-state index contributed by atoms with van der Waals surface area (Å²) in [4.78, 5) is 1.47. The molecule has 1 atom stereocenters. The highest BCUT2D eigenvalue weighted by Crippen LogP contribution is 2.35. The molecule has 1 aromatic carbocycles. The number of thioether (sulfide) groups is 2. The minimum atomic E-state index is 0.582. The topological polar surface area (TPSA) is 12.0 Å². The minimum absolute atomic E-state index is 0.582. The Kier molecular flexibility index (Phi) is 5.75. The standard InChI is InChI=1S/C14H21NS2/c1-2-16-10-5-9-15-13-8-11-17-14-7-4-3-6-12(13)14/h3-4,6-7,13,15H,2,5,8-11H2,1H3. The van der Waals surface area contributed by atoms with Crippen LogP contribution in [0.2, 0.25) is 0 Å². The average molecular weight is 267 g/mol. The van der Waals surface area contributed by atoms with Gasteiger partial charge in [-0.25, -0.2) is 0 Å². The molecule has 3 heteroatoms. The van der Waals surface area contributed by atoms with E-state index in [-0.39, 0.29) is 0 Å². The third kappa shape index (κ3) is 3.94. The minimum Gasteiger partial charge on any atom is -0.310 e. The van der Waals surface area contributed by atoms with E-state index in [2.05, 4.69) is 36.5 Å². The fourth-order valence-electron chi connectivity index (χ4n) is 2.15. The van der Waals surface area contributed by atoms with Gasteiger partial charge in [0.1, 0.15) is 0 Å². The molecule has 0 fully saturated rings. The van der Waals surface area contributed by atoms with E-state index in [1.54, 1.807) is 0 Å². The molecular formula is C14H21NS2. The quantitative estimate of drug-likeness (QED) is 0.784. The van der Waals surface area contributed by atoms with E-state index in [1.165, 1.54) is 40.6 Å². The molecule has 0 amide bonds. The Bertz CT molecular complexity index is 341.